The van der Waals surface area contributed by atoms with Crippen LogP contribution in [0.25, 0.3) is 17.2 Å². The predicted molar refractivity (Wildman–Crippen MR) is 92.6 cm³/mol. The average molecular weight is 356 g/mol. The summed E-state index contributed by atoms with van der Waals surface area (Å²) >= 11 is 0. The summed E-state index contributed by atoms with van der Waals surface area (Å²) < 4.78 is 28.5. The number of H-pyrrole nitrogens is 1. The Morgan fingerprint density at radius 2 is 2.00 bits per heavy atom. The molecule has 6 nitrogen and oxygen atoms in total. The number of halogens is 2. The molecule has 0 aliphatic carbocycles. The van der Waals surface area contributed by atoms with Crippen LogP contribution in [0.15, 0.2) is 61.2 Å². The van der Waals surface area contributed by atoms with E-state index in [0.717, 1.165) is 16.7 Å². The van der Waals surface area contributed by atoms with E-state index >= 15 is 0 Å². The summed E-state index contributed by atoms with van der Waals surface area (Å²) in [6, 6.07) is 7.48. The summed E-state index contributed by atoms with van der Waals surface area (Å²) in [5.74, 6) is -0.344. The number of hydrogen-bond donors (Lipinski definition) is 2. The number of ether oxygens (including phenoxy) is 1. The molecule has 0 radical (unpaired) electrons. The van der Waals surface area contributed by atoms with Crippen molar-refractivity contribution in [3.63, 3.8) is 0 Å². The van der Waals surface area contributed by atoms with Crippen LogP contribution >= 0.6 is 0 Å². The lowest BCUT2D eigenvalue weighted by Crippen LogP contribution is -2.08. The fraction of sp³-hybridized carbons (Fsp3) is 0.0556. The Labute approximate surface area is 147 Å². The number of hydrogen-bond acceptors (Lipinski definition) is 4. The van der Waals surface area contributed by atoms with Crippen molar-refractivity contribution in [3.8, 4) is 16.9 Å². The molecular formula is C18H14F2N4O2. The van der Waals surface area contributed by atoms with Gasteiger partial charge in [-0.2, -0.15) is 13.9 Å². The monoisotopic (exact) mass is 356 g/mol. The number of aromatic amines is 1. The quantitative estimate of drug-likeness (QED) is 0.660. The van der Waals surface area contributed by atoms with Crippen molar-refractivity contribution in [2.45, 2.75) is 6.61 Å². The van der Waals surface area contributed by atoms with Crippen LogP contribution in [0, 0.1) is 0 Å². The molecule has 3 rings (SSSR count). The van der Waals surface area contributed by atoms with Gasteiger partial charge < -0.3 is 10.1 Å². The smallest absolute Gasteiger partial charge is 0.387 e. The summed E-state index contributed by atoms with van der Waals surface area (Å²) in [6.45, 7) is -2.89. The minimum atomic E-state index is -2.89. The van der Waals surface area contributed by atoms with Crippen LogP contribution in [0.2, 0.25) is 0 Å². The van der Waals surface area contributed by atoms with Gasteiger partial charge >= 0.3 is 6.61 Å². The molecule has 1 aromatic carbocycles. The molecule has 0 saturated carbocycles. The first-order chi connectivity index (χ1) is 12.6. The van der Waals surface area contributed by atoms with E-state index in [4.69, 9.17) is 0 Å². The fourth-order valence-corrected chi connectivity index (χ4v) is 2.27. The Hall–Kier alpha value is -3.55. The molecule has 2 N–H and O–H groups in total. The standard InChI is InChI=1S/C18H14F2N4O2/c19-18(20)26-15-4-2-14(3-5-15)24-17(25)6-1-12-9-21-8-7-16(12)13-10-22-23-11-13/h1-11,18H,(H,22,23)(H,24,25)/b6-1+. The third-order valence-electron chi connectivity index (χ3n) is 3.42. The second-order valence-corrected chi connectivity index (χ2v) is 5.18. The van der Waals surface area contributed by atoms with E-state index in [1.54, 1.807) is 30.9 Å². The van der Waals surface area contributed by atoms with Gasteiger partial charge in [0.25, 0.3) is 0 Å². The minimum absolute atomic E-state index is 0.0219. The Morgan fingerprint density at radius 1 is 1.19 bits per heavy atom. The highest BCUT2D eigenvalue weighted by Gasteiger charge is 2.06. The zero-order valence-electron chi connectivity index (χ0n) is 13.4. The van der Waals surface area contributed by atoms with Crippen LogP contribution in [-0.4, -0.2) is 27.7 Å². The molecule has 0 spiro atoms. The number of carbonyl (C=O) groups is 1. The molecule has 0 aliphatic heterocycles. The maximum atomic E-state index is 12.1. The first kappa shape index (κ1) is 17.3. The van der Waals surface area contributed by atoms with Crippen molar-refractivity contribution in [1.82, 2.24) is 15.2 Å². The molecule has 1 amide bonds. The number of nitrogens with one attached hydrogen (secondary N) is 2. The third-order valence-corrected chi connectivity index (χ3v) is 3.42. The van der Waals surface area contributed by atoms with E-state index in [-0.39, 0.29) is 11.7 Å². The van der Waals surface area contributed by atoms with Crippen LogP contribution in [0.3, 0.4) is 0 Å². The topological polar surface area (TPSA) is 79.9 Å². The normalized spacial score (nSPS) is 11.0. The summed E-state index contributed by atoms with van der Waals surface area (Å²) in [7, 11) is 0. The van der Waals surface area contributed by atoms with Gasteiger partial charge in [-0.1, -0.05) is 0 Å². The van der Waals surface area contributed by atoms with Gasteiger partial charge in [0.05, 0.1) is 6.20 Å². The van der Waals surface area contributed by atoms with Gasteiger partial charge in [-0.15, -0.1) is 0 Å². The molecule has 26 heavy (non-hydrogen) atoms. The van der Waals surface area contributed by atoms with E-state index in [1.165, 1.54) is 30.3 Å². The Balaban J connectivity index is 1.67. The summed E-state index contributed by atoms with van der Waals surface area (Å²) in [6.07, 6.45) is 9.72. The van der Waals surface area contributed by atoms with Crippen LogP contribution in [0.4, 0.5) is 14.5 Å². The van der Waals surface area contributed by atoms with Crippen molar-refractivity contribution < 1.29 is 18.3 Å². The van der Waals surface area contributed by atoms with Crippen LogP contribution in [0.1, 0.15) is 5.56 Å². The molecule has 2 aromatic heterocycles. The lowest BCUT2D eigenvalue weighted by molar-refractivity contribution is -0.111. The molecule has 2 heterocycles. The molecule has 0 atom stereocenters. The highest BCUT2D eigenvalue weighted by atomic mass is 19.3. The summed E-state index contributed by atoms with van der Waals surface area (Å²) in [5, 5.41) is 9.29. The molecule has 0 bridgehead atoms. The van der Waals surface area contributed by atoms with Gasteiger partial charge in [0.2, 0.25) is 5.91 Å². The van der Waals surface area contributed by atoms with E-state index in [0.29, 0.717) is 5.69 Å². The Bertz CT molecular complexity index is 894. The van der Waals surface area contributed by atoms with Crippen LogP contribution < -0.4 is 10.1 Å². The van der Waals surface area contributed by atoms with Gasteiger partial charge in [0.1, 0.15) is 5.75 Å². The molecule has 0 aliphatic rings. The van der Waals surface area contributed by atoms with Crippen molar-refractivity contribution in [3.05, 3.63) is 66.8 Å². The Kier molecular flexibility index (Phi) is 5.33. The zero-order valence-corrected chi connectivity index (χ0v) is 13.4. The van der Waals surface area contributed by atoms with Crippen molar-refractivity contribution in [2.75, 3.05) is 5.32 Å². The summed E-state index contributed by atoms with van der Waals surface area (Å²) in [4.78, 5) is 16.1. The maximum Gasteiger partial charge on any atom is 0.387 e. The predicted octanol–water partition coefficient (Wildman–Crippen LogP) is 3.73. The van der Waals surface area contributed by atoms with Crippen molar-refractivity contribution in [2.24, 2.45) is 0 Å². The van der Waals surface area contributed by atoms with E-state index in [2.05, 4.69) is 25.2 Å². The SMILES string of the molecule is O=C(/C=C/c1cnccc1-c1cn[nH]c1)Nc1ccc(OC(F)F)cc1. The second kappa shape index (κ2) is 8.02. The number of aromatic nitrogens is 3. The number of anilines is 1. The lowest BCUT2D eigenvalue weighted by Gasteiger charge is -2.06. The second-order valence-electron chi connectivity index (χ2n) is 5.18. The zero-order chi connectivity index (χ0) is 18.4. The first-order valence-corrected chi connectivity index (χ1v) is 7.59. The number of carbonyl (C=O) groups excluding carboxylic acids is 1. The van der Waals surface area contributed by atoms with Crippen molar-refractivity contribution in [1.29, 1.82) is 0 Å². The van der Waals surface area contributed by atoms with Crippen molar-refractivity contribution >= 4 is 17.7 Å². The highest BCUT2D eigenvalue weighted by Crippen LogP contribution is 2.23. The number of nitrogens with zero attached hydrogens (tertiary/aromatic N) is 2. The van der Waals surface area contributed by atoms with E-state index < -0.39 is 6.61 Å². The number of amides is 1. The van der Waals surface area contributed by atoms with Gasteiger partial charge in [-0.05, 0) is 42.0 Å². The molecule has 3 aromatic rings. The summed E-state index contributed by atoms with van der Waals surface area (Å²) in [5.41, 5.74) is 2.97. The van der Waals surface area contributed by atoms with Gasteiger partial charge in [0, 0.05) is 41.5 Å². The Morgan fingerprint density at radius 3 is 2.69 bits per heavy atom. The third kappa shape index (κ3) is 4.50. The van der Waals surface area contributed by atoms with Gasteiger partial charge in [-0.25, -0.2) is 0 Å². The van der Waals surface area contributed by atoms with Crippen LogP contribution in [-0.2, 0) is 4.79 Å². The van der Waals surface area contributed by atoms with E-state index in [9.17, 15) is 13.6 Å². The largest absolute Gasteiger partial charge is 0.435 e. The number of pyridine rings is 1. The van der Waals surface area contributed by atoms with Crippen LogP contribution in [0.5, 0.6) is 5.75 Å². The number of alkyl halides is 2. The van der Waals surface area contributed by atoms with Gasteiger partial charge in [-0.3, -0.25) is 14.9 Å². The fourth-order valence-electron chi connectivity index (χ4n) is 2.27. The maximum absolute atomic E-state index is 12.1. The number of rotatable bonds is 6. The highest BCUT2D eigenvalue weighted by molar-refractivity contribution is 6.02. The molecule has 0 unspecified atom stereocenters. The van der Waals surface area contributed by atoms with Gasteiger partial charge in [0.15, 0.2) is 0 Å². The molecule has 132 valence electrons. The molecular weight excluding hydrogens is 342 g/mol. The first-order valence-electron chi connectivity index (χ1n) is 7.59. The number of benzene rings is 1. The lowest BCUT2D eigenvalue weighted by atomic mass is 10.0. The minimum Gasteiger partial charge on any atom is -0.435 e. The average Bonchev–Trinajstić information content (AvgIpc) is 3.16. The molecule has 0 saturated heterocycles. The molecule has 0 fully saturated rings. The molecule has 8 heteroatoms. The van der Waals surface area contributed by atoms with E-state index in [1.807, 2.05) is 6.07 Å².